The van der Waals surface area contributed by atoms with Gasteiger partial charge < -0.3 is 0 Å². The molecule has 0 atom stereocenters. The first-order valence-corrected chi connectivity index (χ1v) is 8.00. The minimum Gasteiger partial charge on any atom is -0.235 e. The van der Waals surface area contributed by atoms with Gasteiger partial charge in [-0.2, -0.15) is 0 Å². The molecule has 0 unspecified atom stereocenters. The lowest BCUT2D eigenvalue weighted by atomic mass is 10.2. The molecule has 2 heterocycles. The van der Waals surface area contributed by atoms with E-state index in [2.05, 4.69) is 46.4 Å². The number of rotatable bonds is 2. The van der Waals surface area contributed by atoms with Gasteiger partial charge in [0.05, 0.1) is 10.6 Å². The van der Waals surface area contributed by atoms with Crippen LogP contribution >= 0.6 is 38.6 Å². The molecule has 0 spiro atoms. The van der Waals surface area contributed by atoms with Gasteiger partial charge in [-0.3, -0.25) is 0 Å². The van der Waals surface area contributed by atoms with Crippen molar-refractivity contribution >= 4 is 38.6 Å². The largest absolute Gasteiger partial charge is 0.235 e. The Hall–Kier alpha value is -0.970. The van der Waals surface area contributed by atoms with E-state index in [1.165, 1.54) is 9.75 Å². The standard InChI is InChI=1S/C14H10BrNS2/c1-9-6-7-13(18-9)12-8-17-14(16-12)10-4-2-3-5-11(10)15/h2-8H,1H3. The number of thiophene rings is 1. The normalized spacial score (nSPS) is 10.8. The van der Waals surface area contributed by atoms with Crippen molar-refractivity contribution in [3.8, 4) is 21.1 Å². The summed E-state index contributed by atoms with van der Waals surface area (Å²) < 4.78 is 1.09. The van der Waals surface area contributed by atoms with Gasteiger partial charge in [0.2, 0.25) is 0 Å². The predicted molar refractivity (Wildman–Crippen MR) is 83.3 cm³/mol. The molecule has 90 valence electrons. The molecule has 0 N–H and O–H groups in total. The van der Waals surface area contributed by atoms with Crippen LogP contribution in [-0.4, -0.2) is 4.98 Å². The number of hydrogen-bond donors (Lipinski definition) is 0. The van der Waals surface area contributed by atoms with E-state index >= 15 is 0 Å². The molecule has 1 nitrogen and oxygen atoms in total. The third-order valence-electron chi connectivity index (χ3n) is 2.60. The molecule has 0 saturated carbocycles. The number of aryl methyl sites for hydroxylation is 1. The number of aromatic nitrogens is 1. The van der Waals surface area contributed by atoms with Gasteiger partial charge in [0.1, 0.15) is 5.01 Å². The summed E-state index contributed by atoms with van der Waals surface area (Å²) >= 11 is 7.04. The SMILES string of the molecule is Cc1ccc(-c2csc(-c3ccccc3Br)n2)s1. The van der Waals surface area contributed by atoms with Crippen molar-refractivity contribution in [1.29, 1.82) is 0 Å². The number of halogens is 1. The summed E-state index contributed by atoms with van der Waals surface area (Å²) in [4.78, 5) is 7.28. The summed E-state index contributed by atoms with van der Waals surface area (Å²) in [5, 5.41) is 3.18. The maximum atomic E-state index is 4.72. The van der Waals surface area contributed by atoms with Crippen LogP contribution in [0, 0.1) is 6.92 Å². The lowest BCUT2D eigenvalue weighted by Gasteiger charge is -1.98. The Morgan fingerprint density at radius 3 is 2.67 bits per heavy atom. The van der Waals surface area contributed by atoms with E-state index in [0.29, 0.717) is 0 Å². The van der Waals surface area contributed by atoms with Crippen LogP contribution in [0.15, 0.2) is 46.3 Å². The molecule has 0 radical (unpaired) electrons. The zero-order valence-electron chi connectivity index (χ0n) is 9.68. The molecular weight excluding hydrogens is 326 g/mol. The van der Waals surface area contributed by atoms with Gasteiger partial charge in [0.25, 0.3) is 0 Å². The van der Waals surface area contributed by atoms with Crippen LogP contribution in [0.1, 0.15) is 4.88 Å². The topological polar surface area (TPSA) is 12.9 Å². The van der Waals surface area contributed by atoms with E-state index < -0.39 is 0 Å². The summed E-state index contributed by atoms with van der Waals surface area (Å²) in [6.45, 7) is 2.12. The second kappa shape index (κ2) is 4.96. The van der Waals surface area contributed by atoms with Gasteiger partial charge in [0, 0.05) is 20.3 Å². The Bertz CT molecular complexity index is 684. The second-order valence-corrected chi connectivity index (χ2v) is 6.93. The second-order valence-electron chi connectivity index (χ2n) is 3.93. The average molecular weight is 336 g/mol. The smallest absolute Gasteiger partial charge is 0.125 e. The van der Waals surface area contributed by atoms with Gasteiger partial charge in [0.15, 0.2) is 0 Å². The Balaban J connectivity index is 2.02. The molecule has 0 bridgehead atoms. The van der Waals surface area contributed by atoms with Crippen molar-refractivity contribution in [2.75, 3.05) is 0 Å². The van der Waals surface area contributed by atoms with Crippen LogP contribution in [0.4, 0.5) is 0 Å². The highest BCUT2D eigenvalue weighted by atomic mass is 79.9. The number of thiazole rings is 1. The van der Waals surface area contributed by atoms with Gasteiger partial charge in [-0.15, -0.1) is 22.7 Å². The van der Waals surface area contributed by atoms with Crippen molar-refractivity contribution in [3.05, 3.63) is 51.1 Å². The Kier molecular flexibility index (Phi) is 3.33. The Labute approximate surface area is 122 Å². The van der Waals surface area contributed by atoms with Crippen LogP contribution in [0.5, 0.6) is 0 Å². The number of nitrogens with zero attached hydrogens (tertiary/aromatic N) is 1. The molecule has 3 aromatic rings. The highest BCUT2D eigenvalue weighted by Gasteiger charge is 2.09. The molecule has 0 amide bonds. The minimum atomic E-state index is 1.06. The van der Waals surface area contributed by atoms with E-state index in [-0.39, 0.29) is 0 Å². The molecule has 0 aliphatic rings. The Morgan fingerprint density at radius 1 is 1.11 bits per heavy atom. The predicted octanol–water partition coefficient (Wildman–Crippen LogP) is 5.61. The number of hydrogen-bond acceptors (Lipinski definition) is 3. The van der Waals surface area contributed by atoms with E-state index in [1.807, 2.05) is 18.2 Å². The fourth-order valence-electron chi connectivity index (χ4n) is 1.72. The summed E-state index contributed by atoms with van der Waals surface area (Å²) in [6, 6.07) is 12.5. The molecule has 1 aromatic carbocycles. The summed E-state index contributed by atoms with van der Waals surface area (Å²) in [6.07, 6.45) is 0. The van der Waals surface area contributed by atoms with E-state index in [4.69, 9.17) is 4.98 Å². The molecule has 0 aliphatic carbocycles. The zero-order valence-corrected chi connectivity index (χ0v) is 12.9. The third-order valence-corrected chi connectivity index (χ3v) is 5.19. The van der Waals surface area contributed by atoms with Crippen molar-refractivity contribution in [3.63, 3.8) is 0 Å². The van der Waals surface area contributed by atoms with E-state index in [1.54, 1.807) is 22.7 Å². The molecule has 0 aliphatic heterocycles. The molecule has 4 heteroatoms. The summed E-state index contributed by atoms with van der Waals surface area (Å²) in [5.74, 6) is 0. The van der Waals surface area contributed by atoms with Gasteiger partial charge in [-0.25, -0.2) is 4.98 Å². The first kappa shape index (κ1) is 12.1. The van der Waals surface area contributed by atoms with Crippen molar-refractivity contribution < 1.29 is 0 Å². The fraction of sp³-hybridized carbons (Fsp3) is 0.0714. The highest BCUT2D eigenvalue weighted by Crippen LogP contribution is 2.35. The van der Waals surface area contributed by atoms with Crippen LogP contribution in [0.2, 0.25) is 0 Å². The molecular formula is C14H10BrNS2. The van der Waals surface area contributed by atoms with Gasteiger partial charge in [-0.1, -0.05) is 34.1 Å². The minimum absolute atomic E-state index is 1.06. The molecule has 0 fully saturated rings. The molecule has 2 aromatic heterocycles. The maximum Gasteiger partial charge on any atom is 0.125 e. The first-order chi connectivity index (χ1) is 8.74. The van der Waals surface area contributed by atoms with Crippen LogP contribution < -0.4 is 0 Å². The third kappa shape index (κ3) is 2.28. The fourth-order valence-corrected chi connectivity index (χ4v) is 4.08. The molecule has 3 rings (SSSR count). The van der Waals surface area contributed by atoms with Crippen LogP contribution in [0.3, 0.4) is 0 Å². The first-order valence-electron chi connectivity index (χ1n) is 5.51. The Morgan fingerprint density at radius 2 is 1.94 bits per heavy atom. The van der Waals surface area contributed by atoms with Gasteiger partial charge >= 0.3 is 0 Å². The van der Waals surface area contributed by atoms with Crippen molar-refractivity contribution in [2.24, 2.45) is 0 Å². The highest BCUT2D eigenvalue weighted by molar-refractivity contribution is 9.10. The zero-order chi connectivity index (χ0) is 12.5. The maximum absolute atomic E-state index is 4.72. The molecule has 18 heavy (non-hydrogen) atoms. The lowest BCUT2D eigenvalue weighted by molar-refractivity contribution is 1.41. The van der Waals surface area contributed by atoms with Crippen LogP contribution in [0.25, 0.3) is 21.1 Å². The lowest BCUT2D eigenvalue weighted by Crippen LogP contribution is -1.78. The molecule has 0 saturated heterocycles. The summed E-state index contributed by atoms with van der Waals surface area (Å²) in [5.41, 5.74) is 2.23. The van der Waals surface area contributed by atoms with Crippen LogP contribution in [-0.2, 0) is 0 Å². The number of benzene rings is 1. The van der Waals surface area contributed by atoms with E-state index in [0.717, 1.165) is 20.7 Å². The monoisotopic (exact) mass is 335 g/mol. The summed E-state index contributed by atoms with van der Waals surface area (Å²) in [7, 11) is 0. The quantitative estimate of drug-likeness (QED) is 0.593. The van der Waals surface area contributed by atoms with E-state index in [9.17, 15) is 0 Å². The van der Waals surface area contributed by atoms with Crippen molar-refractivity contribution in [2.45, 2.75) is 6.92 Å². The average Bonchev–Trinajstić information content (AvgIpc) is 2.98. The van der Waals surface area contributed by atoms with Crippen molar-refractivity contribution in [1.82, 2.24) is 4.98 Å². The van der Waals surface area contributed by atoms with Gasteiger partial charge in [-0.05, 0) is 25.1 Å².